The van der Waals surface area contributed by atoms with E-state index < -0.39 is 0 Å². The molecule has 0 radical (unpaired) electrons. The van der Waals surface area contributed by atoms with Crippen LogP contribution in [-0.2, 0) is 4.79 Å². The summed E-state index contributed by atoms with van der Waals surface area (Å²) in [6, 6.07) is 11.0. The third-order valence-electron chi connectivity index (χ3n) is 4.30. The molecule has 3 N–H and O–H groups in total. The second-order valence-electron chi connectivity index (χ2n) is 6.02. The number of hydrogen-bond acceptors (Lipinski definition) is 3. The molecule has 2 heterocycles. The van der Waals surface area contributed by atoms with Crippen LogP contribution in [0.1, 0.15) is 25.1 Å². The molecular weight excluding hydrogens is 302 g/mol. The van der Waals surface area contributed by atoms with Gasteiger partial charge in [0.15, 0.2) is 0 Å². The molecular formula is C19H21N3O2. The Labute approximate surface area is 140 Å². The van der Waals surface area contributed by atoms with Crippen molar-refractivity contribution in [2.45, 2.75) is 19.4 Å². The van der Waals surface area contributed by atoms with Gasteiger partial charge in [0.2, 0.25) is 11.5 Å². The number of amides is 1. The molecule has 124 valence electrons. The van der Waals surface area contributed by atoms with Crippen LogP contribution >= 0.6 is 0 Å². The average Bonchev–Trinajstić information content (AvgIpc) is 2.57. The van der Waals surface area contributed by atoms with Crippen LogP contribution < -0.4 is 16.2 Å². The average molecular weight is 323 g/mol. The summed E-state index contributed by atoms with van der Waals surface area (Å²) in [5.74, 6) is -0.294. The van der Waals surface area contributed by atoms with Gasteiger partial charge in [-0.25, -0.2) is 0 Å². The highest BCUT2D eigenvalue weighted by atomic mass is 16.1. The molecule has 1 aliphatic heterocycles. The Hall–Kier alpha value is -2.66. The molecule has 0 saturated heterocycles. The van der Waals surface area contributed by atoms with Crippen LogP contribution in [0.15, 0.2) is 53.3 Å². The highest BCUT2D eigenvalue weighted by molar-refractivity contribution is 5.97. The van der Waals surface area contributed by atoms with Crippen molar-refractivity contribution in [1.29, 1.82) is 0 Å². The number of benzene rings is 1. The molecule has 5 heteroatoms. The van der Waals surface area contributed by atoms with Crippen LogP contribution in [0, 0.1) is 5.92 Å². The predicted molar refractivity (Wildman–Crippen MR) is 95.9 cm³/mol. The minimum atomic E-state index is -0.229. The number of hydrogen-bond donors (Lipinski definition) is 3. The van der Waals surface area contributed by atoms with Gasteiger partial charge in [0.25, 0.3) is 0 Å². The molecule has 0 aliphatic carbocycles. The topological polar surface area (TPSA) is 74.0 Å². The maximum Gasteiger partial charge on any atom is 0.248 e. The summed E-state index contributed by atoms with van der Waals surface area (Å²) in [4.78, 5) is 27.4. The van der Waals surface area contributed by atoms with E-state index in [-0.39, 0.29) is 23.4 Å². The zero-order valence-electron chi connectivity index (χ0n) is 13.8. The van der Waals surface area contributed by atoms with Crippen LogP contribution in [0.2, 0.25) is 0 Å². The molecule has 1 amide bonds. The predicted octanol–water partition coefficient (Wildman–Crippen LogP) is 2.84. The van der Waals surface area contributed by atoms with E-state index in [4.69, 9.17) is 0 Å². The fourth-order valence-electron chi connectivity index (χ4n) is 2.90. The molecule has 2 bridgehead atoms. The second-order valence-corrected chi connectivity index (χ2v) is 6.02. The van der Waals surface area contributed by atoms with Crippen molar-refractivity contribution in [3.63, 3.8) is 0 Å². The highest BCUT2D eigenvalue weighted by Gasteiger charge is 2.17. The quantitative estimate of drug-likeness (QED) is 0.707. The number of carbonyl (C=O) groups is 1. The highest BCUT2D eigenvalue weighted by Crippen LogP contribution is 2.29. The molecule has 2 atom stereocenters. The lowest BCUT2D eigenvalue weighted by Crippen LogP contribution is -2.22. The molecule has 0 saturated carbocycles. The first-order valence-electron chi connectivity index (χ1n) is 8.07. The largest absolute Gasteiger partial charge is 0.325 e. The lowest BCUT2D eigenvalue weighted by Gasteiger charge is -2.18. The molecule has 2 unspecified atom stereocenters. The van der Waals surface area contributed by atoms with Gasteiger partial charge in [-0.1, -0.05) is 37.3 Å². The Morgan fingerprint density at radius 3 is 2.75 bits per heavy atom. The SMILES string of the molecule is CNC1CC=CC(C)C(=O)Nc2ccccc2-c2cc1[nH]c(=O)c2. The minimum absolute atomic E-state index is 0.0178. The van der Waals surface area contributed by atoms with E-state index in [2.05, 4.69) is 15.6 Å². The summed E-state index contributed by atoms with van der Waals surface area (Å²) in [6.45, 7) is 1.87. The number of nitrogens with one attached hydrogen (secondary N) is 3. The first-order chi connectivity index (χ1) is 11.6. The van der Waals surface area contributed by atoms with Gasteiger partial charge >= 0.3 is 0 Å². The van der Waals surface area contributed by atoms with Gasteiger partial charge in [0, 0.05) is 23.0 Å². The number of rotatable bonds is 1. The number of H-pyrrole nitrogens is 1. The molecule has 0 spiro atoms. The summed E-state index contributed by atoms with van der Waals surface area (Å²) >= 11 is 0. The molecule has 1 aromatic carbocycles. The number of aromatic nitrogens is 1. The molecule has 1 aliphatic rings. The van der Waals surface area contributed by atoms with Gasteiger partial charge in [-0.2, -0.15) is 0 Å². The van der Waals surface area contributed by atoms with Gasteiger partial charge in [-0.05, 0) is 31.2 Å². The third-order valence-corrected chi connectivity index (χ3v) is 4.30. The van der Waals surface area contributed by atoms with Gasteiger partial charge in [-0.15, -0.1) is 0 Å². The van der Waals surface area contributed by atoms with Crippen molar-refractivity contribution in [1.82, 2.24) is 10.3 Å². The van der Waals surface area contributed by atoms with Crippen molar-refractivity contribution in [3.8, 4) is 11.1 Å². The maximum atomic E-state index is 12.4. The Morgan fingerprint density at radius 1 is 1.17 bits per heavy atom. The Kier molecular flexibility index (Phi) is 4.62. The Balaban J connectivity index is 2.20. The van der Waals surface area contributed by atoms with E-state index >= 15 is 0 Å². The van der Waals surface area contributed by atoms with E-state index in [0.29, 0.717) is 12.1 Å². The van der Waals surface area contributed by atoms with Gasteiger partial charge < -0.3 is 15.6 Å². The smallest absolute Gasteiger partial charge is 0.248 e. The van der Waals surface area contributed by atoms with Gasteiger partial charge in [-0.3, -0.25) is 9.59 Å². The molecule has 0 fully saturated rings. The van der Waals surface area contributed by atoms with Crippen molar-refractivity contribution in [3.05, 3.63) is 64.6 Å². The second kappa shape index (κ2) is 6.84. The van der Waals surface area contributed by atoms with E-state index in [1.54, 1.807) is 6.07 Å². The van der Waals surface area contributed by atoms with E-state index in [0.717, 1.165) is 16.8 Å². The zero-order chi connectivity index (χ0) is 17.1. The number of carbonyl (C=O) groups excluding carboxylic acids is 1. The lowest BCUT2D eigenvalue weighted by atomic mass is 9.99. The summed E-state index contributed by atoms with van der Waals surface area (Å²) in [5.41, 5.74) is 3.02. The monoisotopic (exact) mass is 323 g/mol. The van der Waals surface area contributed by atoms with Gasteiger partial charge in [0.1, 0.15) is 0 Å². The number of anilines is 1. The number of fused-ring (bicyclic) bond motifs is 4. The molecule has 1 aromatic heterocycles. The normalized spacial score (nSPS) is 20.5. The van der Waals surface area contributed by atoms with Crippen molar-refractivity contribution in [2.75, 3.05) is 12.4 Å². The molecule has 24 heavy (non-hydrogen) atoms. The molecule has 3 rings (SSSR count). The van der Waals surface area contributed by atoms with E-state index in [9.17, 15) is 9.59 Å². The third kappa shape index (κ3) is 3.31. The van der Waals surface area contributed by atoms with Crippen LogP contribution in [0.3, 0.4) is 0 Å². The summed E-state index contributed by atoms with van der Waals surface area (Å²) in [7, 11) is 1.86. The van der Waals surface area contributed by atoms with Crippen LogP contribution in [0.4, 0.5) is 5.69 Å². The first-order valence-corrected chi connectivity index (χ1v) is 8.07. The summed E-state index contributed by atoms with van der Waals surface area (Å²) in [6.07, 6.45) is 4.56. The minimum Gasteiger partial charge on any atom is -0.325 e. The number of pyridine rings is 1. The standard InChI is InChI=1S/C19H21N3O2/c1-12-6-5-9-16(20-2)17-10-13(11-18(23)21-17)14-7-3-4-8-15(14)22-19(12)24/h3-8,10-12,16,20H,9H2,1-2H3,(H,21,23)(H,22,24). The maximum absolute atomic E-state index is 12.4. The first kappa shape index (κ1) is 16.2. The zero-order valence-corrected chi connectivity index (χ0v) is 13.8. The fourth-order valence-corrected chi connectivity index (χ4v) is 2.90. The lowest BCUT2D eigenvalue weighted by molar-refractivity contribution is -0.118. The van der Waals surface area contributed by atoms with Crippen LogP contribution in [-0.4, -0.2) is 17.9 Å². The van der Waals surface area contributed by atoms with E-state index in [1.807, 2.05) is 56.5 Å². The summed E-state index contributed by atoms with van der Waals surface area (Å²) in [5, 5.41) is 6.18. The number of aromatic amines is 1. The molecule has 5 nitrogen and oxygen atoms in total. The summed E-state index contributed by atoms with van der Waals surface area (Å²) < 4.78 is 0. The van der Waals surface area contributed by atoms with Gasteiger partial charge in [0.05, 0.1) is 12.0 Å². The van der Waals surface area contributed by atoms with Crippen molar-refractivity contribution >= 4 is 11.6 Å². The Bertz CT molecular complexity index is 839. The van der Waals surface area contributed by atoms with Crippen LogP contribution in [0.25, 0.3) is 11.1 Å². The molecule has 2 aromatic rings. The van der Waals surface area contributed by atoms with Crippen LogP contribution in [0.5, 0.6) is 0 Å². The Morgan fingerprint density at radius 2 is 1.96 bits per heavy atom. The number of para-hydroxylation sites is 1. The van der Waals surface area contributed by atoms with E-state index in [1.165, 1.54) is 0 Å². The fraction of sp³-hybridized carbons (Fsp3) is 0.263. The van der Waals surface area contributed by atoms with Crippen molar-refractivity contribution < 1.29 is 4.79 Å². The van der Waals surface area contributed by atoms with Crippen molar-refractivity contribution in [2.24, 2.45) is 5.92 Å².